The zero-order valence-electron chi connectivity index (χ0n) is 10.9. The topological polar surface area (TPSA) is 58.6 Å². The van der Waals surface area contributed by atoms with E-state index >= 15 is 0 Å². The first-order valence-corrected chi connectivity index (χ1v) is 6.05. The fourth-order valence-electron chi connectivity index (χ4n) is 1.52. The first-order chi connectivity index (χ1) is 7.91. The summed E-state index contributed by atoms with van der Waals surface area (Å²) in [6.07, 6.45) is 0.363. The number of carbonyl (C=O) groups is 2. The Labute approximate surface area is 102 Å². The summed E-state index contributed by atoms with van der Waals surface area (Å²) in [6.45, 7) is 8.51. The number of ether oxygens (including phenoxy) is 1. The molecule has 1 heterocycles. The van der Waals surface area contributed by atoms with Gasteiger partial charge < -0.3 is 15.0 Å². The van der Waals surface area contributed by atoms with Gasteiger partial charge in [-0.1, -0.05) is 20.8 Å². The van der Waals surface area contributed by atoms with E-state index in [9.17, 15) is 9.59 Å². The zero-order chi connectivity index (χ0) is 12.9. The second-order valence-electron chi connectivity index (χ2n) is 5.25. The van der Waals surface area contributed by atoms with Crippen LogP contribution in [0.2, 0.25) is 0 Å². The Morgan fingerprint density at radius 1 is 1.24 bits per heavy atom. The third kappa shape index (κ3) is 4.73. The summed E-state index contributed by atoms with van der Waals surface area (Å²) in [7, 11) is 0. The van der Waals surface area contributed by atoms with Gasteiger partial charge in [0.25, 0.3) is 0 Å². The van der Waals surface area contributed by atoms with Gasteiger partial charge in [-0.05, 0) is 0 Å². The summed E-state index contributed by atoms with van der Waals surface area (Å²) in [5.74, 6) is 0.0646. The maximum atomic E-state index is 11.7. The first-order valence-electron chi connectivity index (χ1n) is 6.05. The van der Waals surface area contributed by atoms with Gasteiger partial charge in [0, 0.05) is 31.5 Å². The van der Waals surface area contributed by atoms with Gasteiger partial charge in [-0.25, -0.2) is 0 Å². The molecule has 1 aliphatic heterocycles. The molecule has 1 saturated heterocycles. The summed E-state index contributed by atoms with van der Waals surface area (Å²) in [4.78, 5) is 25.1. The van der Waals surface area contributed by atoms with Crippen LogP contribution in [0.5, 0.6) is 0 Å². The standard InChI is InChI=1S/C12H22N2O3/c1-12(2,3)11(16)13-5-4-10(15)14-6-8-17-9-7-14/h4-9H2,1-3H3,(H,13,16). The molecular weight excluding hydrogens is 220 g/mol. The molecule has 0 atom stereocenters. The molecule has 1 fully saturated rings. The normalized spacial score (nSPS) is 16.8. The third-order valence-corrected chi connectivity index (χ3v) is 2.67. The molecule has 0 radical (unpaired) electrons. The van der Waals surface area contributed by atoms with Gasteiger partial charge in [-0.2, -0.15) is 0 Å². The van der Waals surface area contributed by atoms with Crippen LogP contribution in [0.25, 0.3) is 0 Å². The molecular formula is C12H22N2O3. The smallest absolute Gasteiger partial charge is 0.225 e. The number of morpholine rings is 1. The highest BCUT2D eigenvalue weighted by Gasteiger charge is 2.21. The van der Waals surface area contributed by atoms with Crippen LogP contribution in [0.15, 0.2) is 0 Å². The number of hydrogen-bond acceptors (Lipinski definition) is 3. The molecule has 0 aromatic rings. The van der Waals surface area contributed by atoms with Gasteiger partial charge in [-0.15, -0.1) is 0 Å². The van der Waals surface area contributed by atoms with E-state index in [-0.39, 0.29) is 11.8 Å². The van der Waals surface area contributed by atoms with E-state index in [1.54, 1.807) is 4.90 Å². The quantitative estimate of drug-likeness (QED) is 0.779. The molecule has 0 aliphatic carbocycles. The second kappa shape index (κ2) is 6.00. The molecule has 0 aromatic carbocycles. The molecule has 98 valence electrons. The van der Waals surface area contributed by atoms with Crippen molar-refractivity contribution in [3.63, 3.8) is 0 Å². The largest absolute Gasteiger partial charge is 0.378 e. The molecule has 0 unspecified atom stereocenters. The van der Waals surface area contributed by atoms with Crippen molar-refractivity contribution in [3.8, 4) is 0 Å². The van der Waals surface area contributed by atoms with Crippen LogP contribution in [-0.4, -0.2) is 49.6 Å². The Hall–Kier alpha value is -1.10. The van der Waals surface area contributed by atoms with Gasteiger partial charge in [-0.3, -0.25) is 9.59 Å². The molecule has 1 N–H and O–H groups in total. The number of hydrogen-bond donors (Lipinski definition) is 1. The molecule has 0 spiro atoms. The molecule has 0 saturated carbocycles. The fraction of sp³-hybridized carbons (Fsp3) is 0.833. The van der Waals surface area contributed by atoms with Crippen molar-refractivity contribution in [1.82, 2.24) is 10.2 Å². The Morgan fingerprint density at radius 2 is 1.82 bits per heavy atom. The molecule has 0 aromatic heterocycles. The number of nitrogens with one attached hydrogen (secondary N) is 1. The molecule has 2 amide bonds. The predicted octanol–water partition coefficient (Wildman–Crippen LogP) is 0.398. The highest BCUT2D eigenvalue weighted by Crippen LogP contribution is 2.12. The molecule has 5 heteroatoms. The summed E-state index contributed by atoms with van der Waals surface area (Å²) < 4.78 is 5.17. The average molecular weight is 242 g/mol. The summed E-state index contributed by atoms with van der Waals surface area (Å²) in [5, 5.41) is 2.77. The summed E-state index contributed by atoms with van der Waals surface area (Å²) in [5.41, 5.74) is -0.401. The minimum Gasteiger partial charge on any atom is -0.378 e. The minimum absolute atomic E-state index is 0.0210. The lowest BCUT2D eigenvalue weighted by molar-refractivity contribution is -0.135. The average Bonchev–Trinajstić information content (AvgIpc) is 2.28. The van der Waals surface area contributed by atoms with Gasteiger partial charge in [0.15, 0.2) is 0 Å². The number of nitrogens with zero attached hydrogens (tertiary/aromatic N) is 1. The van der Waals surface area contributed by atoms with E-state index in [0.717, 1.165) is 0 Å². The van der Waals surface area contributed by atoms with Crippen LogP contribution in [0, 0.1) is 5.41 Å². The van der Waals surface area contributed by atoms with Crippen LogP contribution in [-0.2, 0) is 14.3 Å². The number of rotatable bonds is 3. The highest BCUT2D eigenvalue weighted by atomic mass is 16.5. The lowest BCUT2D eigenvalue weighted by Crippen LogP contribution is -2.42. The lowest BCUT2D eigenvalue weighted by Gasteiger charge is -2.27. The highest BCUT2D eigenvalue weighted by molar-refractivity contribution is 5.82. The maximum absolute atomic E-state index is 11.7. The third-order valence-electron chi connectivity index (χ3n) is 2.67. The Morgan fingerprint density at radius 3 is 2.35 bits per heavy atom. The SMILES string of the molecule is CC(C)(C)C(=O)NCCC(=O)N1CCOCC1. The monoisotopic (exact) mass is 242 g/mol. The Kier molecular flexibility index (Phi) is 4.93. The van der Waals surface area contributed by atoms with Crippen molar-refractivity contribution < 1.29 is 14.3 Å². The molecule has 0 bridgehead atoms. The maximum Gasteiger partial charge on any atom is 0.225 e. The van der Waals surface area contributed by atoms with E-state index in [1.165, 1.54) is 0 Å². The van der Waals surface area contributed by atoms with E-state index in [4.69, 9.17) is 4.74 Å². The van der Waals surface area contributed by atoms with Crippen molar-refractivity contribution in [3.05, 3.63) is 0 Å². The van der Waals surface area contributed by atoms with Crippen molar-refractivity contribution in [2.75, 3.05) is 32.8 Å². The fourth-order valence-corrected chi connectivity index (χ4v) is 1.52. The van der Waals surface area contributed by atoms with Crippen molar-refractivity contribution in [1.29, 1.82) is 0 Å². The number of carbonyl (C=O) groups excluding carboxylic acids is 2. The minimum atomic E-state index is -0.401. The van der Waals surface area contributed by atoms with Gasteiger partial charge >= 0.3 is 0 Å². The van der Waals surface area contributed by atoms with E-state index in [1.807, 2.05) is 20.8 Å². The predicted molar refractivity (Wildman–Crippen MR) is 64.5 cm³/mol. The first kappa shape index (κ1) is 14.0. The molecule has 5 nitrogen and oxygen atoms in total. The van der Waals surface area contributed by atoms with Crippen LogP contribution in [0.3, 0.4) is 0 Å². The Balaban J connectivity index is 2.22. The van der Waals surface area contributed by atoms with Crippen LogP contribution < -0.4 is 5.32 Å². The van der Waals surface area contributed by atoms with Crippen LogP contribution in [0.4, 0.5) is 0 Å². The second-order valence-corrected chi connectivity index (χ2v) is 5.25. The van der Waals surface area contributed by atoms with Crippen molar-refractivity contribution >= 4 is 11.8 Å². The number of amides is 2. The summed E-state index contributed by atoms with van der Waals surface area (Å²) >= 11 is 0. The van der Waals surface area contributed by atoms with Crippen molar-refractivity contribution in [2.45, 2.75) is 27.2 Å². The van der Waals surface area contributed by atoms with Crippen LogP contribution in [0.1, 0.15) is 27.2 Å². The van der Waals surface area contributed by atoms with Gasteiger partial charge in [0.05, 0.1) is 13.2 Å². The van der Waals surface area contributed by atoms with Gasteiger partial charge in [0.1, 0.15) is 0 Å². The Bertz CT molecular complexity index is 278. The van der Waals surface area contributed by atoms with E-state index in [0.29, 0.717) is 39.3 Å². The molecule has 1 aliphatic rings. The molecule has 1 rings (SSSR count). The summed E-state index contributed by atoms with van der Waals surface area (Å²) in [6, 6.07) is 0. The van der Waals surface area contributed by atoms with E-state index in [2.05, 4.69) is 5.32 Å². The lowest BCUT2D eigenvalue weighted by atomic mass is 9.96. The zero-order valence-corrected chi connectivity index (χ0v) is 10.9. The van der Waals surface area contributed by atoms with Crippen LogP contribution >= 0.6 is 0 Å². The van der Waals surface area contributed by atoms with Crippen molar-refractivity contribution in [2.24, 2.45) is 5.41 Å². The van der Waals surface area contributed by atoms with Gasteiger partial charge in [0.2, 0.25) is 11.8 Å². The van der Waals surface area contributed by atoms with E-state index < -0.39 is 5.41 Å². The molecule has 17 heavy (non-hydrogen) atoms.